The fourth-order valence-corrected chi connectivity index (χ4v) is 2.02. The second-order valence-electron chi connectivity index (χ2n) is 4.55. The standard InChI is InChI=1S/C10H17N3O2/c1-12-5-6-13(7-8(12)14)9(15)10(11)3-2-4-10/h2-7,11H2,1H3. The van der Waals surface area contributed by atoms with E-state index >= 15 is 0 Å². The van der Waals surface area contributed by atoms with Crippen LogP contribution in [0.4, 0.5) is 0 Å². The van der Waals surface area contributed by atoms with E-state index in [0.29, 0.717) is 13.1 Å². The summed E-state index contributed by atoms with van der Waals surface area (Å²) >= 11 is 0. The van der Waals surface area contributed by atoms with Crippen molar-refractivity contribution in [3.05, 3.63) is 0 Å². The van der Waals surface area contributed by atoms with Crippen LogP contribution in [-0.4, -0.2) is 53.8 Å². The third-order valence-corrected chi connectivity index (χ3v) is 3.42. The van der Waals surface area contributed by atoms with Crippen LogP contribution in [0.25, 0.3) is 0 Å². The molecule has 5 nitrogen and oxygen atoms in total. The van der Waals surface area contributed by atoms with E-state index in [1.807, 2.05) is 0 Å². The Morgan fingerprint density at radius 3 is 2.53 bits per heavy atom. The number of carbonyl (C=O) groups is 2. The van der Waals surface area contributed by atoms with E-state index < -0.39 is 5.54 Å². The van der Waals surface area contributed by atoms with Crippen LogP contribution in [0.1, 0.15) is 19.3 Å². The number of hydrogen-bond donors (Lipinski definition) is 1. The average molecular weight is 211 g/mol. The van der Waals surface area contributed by atoms with Crippen LogP contribution in [-0.2, 0) is 9.59 Å². The van der Waals surface area contributed by atoms with Gasteiger partial charge in [-0.1, -0.05) is 0 Å². The zero-order chi connectivity index (χ0) is 11.1. The minimum Gasteiger partial charge on any atom is -0.342 e. The lowest BCUT2D eigenvalue weighted by molar-refractivity contribution is -0.149. The average Bonchev–Trinajstić information content (AvgIpc) is 2.17. The number of likely N-dealkylation sites (N-methyl/N-ethyl adjacent to an activating group) is 1. The topological polar surface area (TPSA) is 66.6 Å². The second-order valence-corrected chi connectivity index (χ2v) is 4.55. The molecule has 15 heavy (non-hydrogen) atoms. The summed E-state index contributed by atoms with van der Waals surface area (Å²) in [6.07, 6.45) is 2.53. The van der Waals surface area contributed by atoms with E-state index in [1.165, 1.54) is 0 Å². The minimum atomic E-state index is -0.670. The van der Waals surface area contributed by atoms with E-state index in [2.05, 4.69) is 0 Å². The van der Waals surface area contributed by atoms with E-state index in [-0.39, 0.29) is 18.4 Å². The fourth-order valence-electron chi connectivity index (χ4n) is 2.02. The Labute approximate surface area is 89.2 Å². The molecule has 2 fully saturated rings. The van der Waals surface area contributed by atoms with Crippen LogP contribution in [0.5, 0.6) is 0 Å². The molecule has 2 aliphatic rings. The molecular weight excluding hydrogens is 194 g/mol. The maximum Gasteiger partial charge on any atom is 0.243 e. The monoisotopic (exact) mass is 211 g/mol. The molecule has 0 atom stereocenters. The quantitative estimate of drug-likeness (QED) is 0.615. The van der Waals surface area contributed by atoms with E-state index in [4.69, 9.17) is 5.73 Å². The largest absolute Gasteiger partial charge is 0.342 e. The summed E-state index contributed by atoms with van der Waals surface area (Å²) in [5, 5.41) is 0. The van der Waals surface area contributed by atoms with Gasteiger partial charge in [0.05, 0.1) is 12.1 Å². The Morgan fingerprint density at radius 2 is 2.07 bits per heavy atom. The van der Waals surface area contributed by atoms with Gasteiger partial charge < -0.3 is 15.5 Å². The van der Waals surface area contributed by atoms with Crippen molar-refractivity contribution in [3.8, 4) is 0 Å². The lowest BCUT2D eigenvalue weighted by Gasteiger charge is -2.42. The maximum atomic E-state index is 12.0. The first kappa shape index (κ1) is 10.4. The summed E-state index contributed by atoms with van der Waals surface area (Å²) in [7, 11) is 1.76. The lowest BCUT2D eigenvalue weighted by atomic mass is 9.76. The molecule has 1 heterocycles. The summed E-state index contributed by atoms with van der Waals surface area (Å²) in [5.74, 6) is -0.0484. The van der Waals surface area contributed by atoms with E-state index in [9.17, 15) is 9.59 Å². The van der Waals surface area contributed by atoms with Crippen LogP contribution in [0.15, 0.2) is 0 Å². The molecule has 0 unspecified atom stereocenters. The molecule has 1 saturated carbocycles. The number of amides is 2. The van der Waals surface area contributed by atoms with Gasteiger partial charge in [-0.25, -0.2) is 0 Å². The zero-order valence-corrected chi connectivity index (χ0v) is 9.03. The van der Waals surface area contributed by atoms with Crippen molar-refractivity contribution in [2.75, 3.05) is 26.7 Å². The van der Waals surface area contributed by atoms with Crippen molar-refractivity contribution in [1.29, 1.82) is 0 Å². The van der Waals surface area contributed by atoms with Gasteiger partial charge in [0.1, 0.15) is 0 Å². The van der Waals surface area contributed by atoms with Crippen LogP contribution in [0.2, 0.25) is 0 Å². The first-order valence-electron chi connectivity index (χ1n) is 5.35. The van der Waals surface area contributed by atoms with E-state index in [1.54, 1.807) is 16.8 Å². The predicted molar refractivity (Wildman–Crippen MR) is 55.0 cm³/mol. The molecule has 2 N–H and O–H groups in total. The molecule has 0 bridgehead atoms. The normalized spacial score (nSPS) is 25.1. The van der Waals surface area contributed by atoms with Crippen molar-refractivity contribution in [2.24, 2.45) is 5.73 Å². The molecule has 0 radical (unpaired) electrons. The minimum absolute atomic E-state index is 0.00229. The van der Waals surface area contributed by atoms with Crippen molar-refractivity contribution in [3.63, 3.8) is 0 Å². The highest BCUT2D eigenvalue weighted by Crippen LogP contribution is 2.31. The summed E-state index contributed by atoms with van der Waals surface area (Å²) in [4.78, 5) is 26.7. The third kappa shape index (κ3) is 1.71. The first-order chi connectivity index (χ1) is 7.03. The van der Waals surface area contributed by atoms with Gasteiger partial charge in [-0.2, -0.15) is 0 Å². The maximum absolute atomic E-state index is 12.0. The van der Waals surface area contributed by atoms with Gasteiger partial charge in [0.2, 0.25) is 11.8 Å². The number of rotatable bonds is 1. The molecule has 1 aliphatic carbocycles. The van der Waals surface area contributed by atoms with Crippen molar-refractivity contribution < 1.29 is 9.59 Å². The van der Waals surface area contributed by atoms with Gasteiger partial charge in [0, 0.05) is 20.1 Å². The van der Waals surface area contributed by atoms with Crippen molar-refractivity contribution in [1.82, 2.24) is 9.80 Å². The zero-order valence-electron chi connectivity index (χ0n) is 9.03. The molecule has 0 aromatic heterocycles. The third-order valence-electron chi connectivity index (χ3n) is 3.42. The molecule has 1 saturated heterocycles. The molecule has 5 heteroatoms. The van der Waals surface area contributed by atoms with E-state index in [0.717, 1.165) is 19.3 Å². The second kappa shape index (κ2) is 3.48. The Hall–Kier alpha value is -1.10. The predicted octanol–water partition coefficient (Wildman–Crippen LogP) is -0.832. The summed E-state index contributed by atoms with van der Waals surface area (Å²) < 4.78 is 0. The Morgan fingerprint density at radius 1 is 1.40 bits per heavy atom. The van der Waals surface area contributed by atoms with Gasteiger partial charge in [0.15, 0.2) is 0 Å². The Bertz CT molecular complexity index is 299. The number of carbonyl (C=O) groups excluding carboxylic acids is 2. The SMILES string of the molecule is CN1CCN(C(=O)C2(N)CCC2)CC1=O. The first-order valence-corrected chi connectivity index (χ1v) is 5.35. The van der Waals surface area contributed by atoms with Crippen molar-refractivity contribution >= 4 is 11.8 Å². The molecule has 0 aromatic carbocycles. The molecule has 0 aromatic rings. The van der Waals surface area contributed by atoms with Gasteiger partial charge >= 0.3 is 0 Å². The van der Waals surface area contributed by atoms with Crippen molar-refractivity contribution in [2.45, 2.75) is 24.8 Å². The number of nitrogens with two attached hydrogens (primary N) is 1. The number of hydrogen-bond acceptors (Lipinski definition) is 3. The summed E-state index contributed by atoms with van der Waals surface area (Å²) in [5.41, 5.74) is 5.27. The fraction of sp³-hybridized carbons (Fsp3) is 0.800. The summed E-state index contributed by atoms with van der Waals surface area (Å²) in [6, 6.07) is 0. The smallest absolute Gasteiger partial charge is 0.243 e. The Balaban J connectivity index is 2.00. The molecular formula is C10H17N3O2. The van der Waals surface area contributed by atoms with Crippen LogP contribution >= 0.6 is 0 Å². The molecule has 1 aliphatic heterocycles. The van der Waals surface area contributed by atoms with Gasteiger partial charge in [-0.15, -0.1) is 0 Å². The lowest BCUT2D eigenvalue weighted by Crippen LogP contribution is -2.63. The molecule has 0 spiro atoms. The Kier molecular flexibility index (Phi) is 2.42. The van der Waals surface area contributed by atoms with Gasteiger partial charge in [-0.3, -0.25) is 9.59 Å². The molecule has 84 valence electrons. The number of piperazine rings is 1. The molecule has 2 rings (SSSR count). The van der Waals surface area contributed by atoms with Crippen LogP contribution < -0.4 is 5.73 Å². The van der Waals surface area contributed by atoms with Crippen LogP contribution in [0.3, 0.4) is 0 Å². The highest BCUT2D eigenvalue weighted by molar-refractivity contribution is 5.91. The van der Waals surface area contributed by atoms with Crippen LogP contribution in [0, 0.1) is 0 Å². The summed E-state index contributed by atoms with van der Waals surface area (Å²) in [6.45, 7) is 1.41. The number of nitrogens with zero attached hydrogens (tertiary/aromatic N) is 2. The van der Waals surface area contributed by atoms with Gasteiger partial charge in [-0.05, 0) is 19.3 Å². The molecule has 2 amide bonds. The highest BCUT2D eigenvalue weighted by Gasteiger charge is 2.43. The van der Waals surface area contributed by atoms with Gasteiger partial charge in [0.25, 0.3) is 0 Å². The highest BCUT2D eigenvalue weighted by atomic mass is 16.2.